The van der Waals surface area contributed by atoms with E-state index in [1.807, 2.05) is 13.8 Å². The van der Waals surface area contributed by atoms with Gasteiger partial charge in [-0.1, -0.05) is 13.8 Å². The first-order chi connectivity index (χ1) is 13.6. The second-order valence-corrected chi connectivity index (χ2v) is 10.6. The summed E-state index contributed by atoms with van der Waals surface area (Å²) in [5.74, 6) is 0.228. The zero-order valence-corrected chi connectivity index (χ0v) is 17.5. The van der Waals surface area contributed by atoms with Gasteiger partial charge in [0.25, 0.3) is 10.2 Å². The Morgan fingerprint density at radius 1 is 1.17 bits per heavy atom. The smallest absolute Gasteiger partial charge is 0.367 e. The Bertz CT molecular complexity index is 848. The van der Waals surface area contributed by atoms with Crippen molar-refractivity contribution in [2.45, 2.75) is 63.7 Å². The molecule has 1 aromatic rings. The second-order valence-electron chi connectivity index (χ2n) is 8.64. The highest BCUT2D eigenvalue weighted by Crippen LogP contribution is 2.42. The Morgan fingerprint density at radius 2 is 1.86 bits per heavy atom. The quantitative estimate of drug-likeness (QED) is 0.790. The van der Waals surface area contributed by atoms with Crippen molar-refractivity contribution in [3.05, 3.63) is 11.8 Å². The summed E-state index contributed by atoms with van der Waals surface area (Å²) in [7, 11) is -3.50. The van der Waals surface area contributed by atoms with Gasteiger partial charge in [-0.15, -0.1) is 0 Å². The fourth-order valence-corrected chi connectivity index (χ4v) is 6.27. The highest BCUT2D eigenvalue weighted by atomic mass is 32.2. The van der Waals surface area contributed by atoms with E-state index in [1.54, 1.807) is 6.07 Å². The molecule has 0 radical (unpaired) electrons. The summed E-state index contributed by atoms with van der Waals surface area (Å²) in [6, 6.07) is -0.274. The Labute approximate surface area is 169 Å². The van der Waals surface area contributed by atoms with Crippen LogP contribution < -0.4 is 5.32 Å². The number of nitrogens with one attached hydrogen (secondary N) is 1. The molecule has 0 aromatic carbocycles. The van der Waals surface area contributed by atoms with Gasteiger partial charge >= 0.3 is 6.18 Å². The average molecular weight is 436 g/mol. The molecule has 1 N–H and O–H groups in total. The van der Waals surface area contributed by atoms with Crippen LogP contribution in [-0.4, -0.2) is 65.2 Å². The predicted octanol–water partition coefficient (Wildman–Crippen LogP) is 2.96. The maximum absolute atomic E-state index is 13.7. The minimum absolute atomic E-state index is 0.0551. The Hall–Kier alpha value is -1.33. The lowest BCUT2D eigenvalue weighted by Crippen LogP contribution is -2.41. The first kappa shape index (κ1) is 20.9. The number of hydrogen-bond acceptors (Lipinski definition) is 4. The van der Waals surface area contributed by atoms with Crippen molar-refractivity contribution in [2.75, 3.05) is 31.5 Å². The van der Waals surface area contributed by atoms with Gasteiger partial charge in [-0.3, -0.25) is 0 Å². The van der Waals surface area contributed by atoms with Gasteiger partial charge in [0.2, 0.25) is 0 Å². The van der Waals surface area contributed by atoms with Crippen LogP contribution in [0.15, 0.2) is 6.07 Å². The van der Waals surface area contributed by atoms with Crippen molar-refractivity contribution in [3.63, 3.8) is 0 Å². The molecule has 0 amide bonds. The molecule has 1 aromatic heterocycles. The number of fused-ring (bicyclic) bond motifs is 1. The van der Waals surface area contributed by atoms with Gasteiger partial charge in [0.15, 0.2) is 6.04 Å². The van der Waals surface area contributed by atoms with Gasteiger partial charge in [0.1, 0.15) is 5.82 Å². The summed E-state index contributed by atoms with van der Waals surface area (Å²) >= 11 is 0. The number of rotatable bonds is 4. The van der Waals surface area contributed by atoms with Gasteiger partial charge in [0.05, 0.1) is 5.69 Å². The third kappa shape index (κ3) is 3.88. The van der Waals surface area contributed by atoms with Crippen LogP contribution in [0.3, 0.4) is 0 Å². The maximum Gasteiger partial charge on any atom is 0.410 e. The molecule has 0 spiro atoms. The third-order valence-corrected chi connectivity index (χ3v) is 8.33. The Morgan fingerprint density at radius 3 is 2.48 bits per heavy atom. The van der Waals surface area contributed by atoms with Gasteiger partial charge in [-0.05, 0) is 31.6 Å². The molecule has 2 saturated heterocycles. The first-order valence-electron chi connectivity index (χ1n) is 10.3. The number of aromatic nitrogens is 2. The molecule has 2 fully saturated rings. The molecule has 3 aliphatic heterocycles. The lowest BCUT2D eigenvalue weighted by molar-refractivity contribution is -0.174. The standard InChI is InChI=1S/C18H28F3N5O2S/c1-12(2)14-9-16(18(19,20)21)26-17(22-14)10-15(23-26)13-5-8-25(11-13)29(27,28)24-6-3-4-7-24/h10,12-14,16,22H,3-9,11H2,1-2H3/t13-,14+,16-/m1/s1. The molecular weight excluding hydrogens is 407 g/mol. The number of halogens is 3. The molecule has 0 aliphatic carbocycles. The van der Waals surface area contributed by atoms with E-state index in [2.05, 4.69) is 10.4 Å². The minimum Gasteiger partial charge on any atom is -0.367 e. The zero-order chi connectivity index (χ0) is 21.0. The topological polar surface area (TPSA) is 70.5 Å². The summed E-state index contributed by atoms with van der Waals surface area (Å²) in [6.45, 7) is 5.51. The average Bonchev–Trinajstić information content (AvgIpc) is 3.38. The van der Waals surface area contributed by atoms with Gasteiger partial charge in [-0.25, -0.2) is 4.68 Å². The summed E-state index contributed by atoms with van der Waals surface area (Å²) < 4.78 is 70.5. The van der Waals surface area contributed by atoms with Crippen molar-refractivity contribution in [1.82, 2.24) is 18.4 Å². The van der Waals surface area contributed by atoms with E-state index >= 15 is 0 Å². The number of alkyl halides is 3. The fourth-order valence-electron chi connectivity index (χ4n) is 4.52. The molecule has 0 unspecified atom stereocenters. The second kappa shape index (κ2) is 7.42. The highest BCUT2D eigenvalue weighted by molar-refractivity contribution is 7.86. The monoisotopic (exact) mass is 435 g/mol. The van der Waals surface area contributed by atoms with Crippen LogP contribution in [0.25, 0.3) is 0 Å². The van der Waals surface area contributed by atoms with E-state index < -0.39 is 22.4 Å². The molecule has 11 heteroatoms. The molecule has 4 rings (SSSR count). The summed E-state index contributed by atoms with van der Waals surface area (Å²) in [4.78, 5) is 0. The molecular formula is C18H28F3N5O2S. The van der Waals surface area contributed by atoms with Crippen LogP contribution >= 0.6 is 0 Å². The van der Waals surface area contributed by atoms with Crippen molar-refractivity contribution < 1.29 is 21.6 Å². The van der Waals surface area contributed by atoms with E-state index in [0.29, 0.717) is 37.6 Å². The van der Waals surface area contributed by atoms with Crippen LogP contribution in [0.4, 0.5) is 19.0 Å². The molecule has 3 aliphatic rings. The van der Waals surface area contributed by atoms with E-state index in [0.717, 1.165) is 17.5 Å². The molecule has 164 valence electrons. The molecule has 4 heterocycles. The van der Waals surface area contributed by atoms with Crippen molar-refractivity contribution in [3.8, 4) is 0 Å². The maximum atomic E-state index is 13.7. The van der Waals surface area contributed by atoms with E-state index in [-0.39, 0.29) is 30.8 Å². The molecule has 3 atom stereocenters. The number of nitrogens with zero attached hydrogens (tertiary/aromatic N) is 4. The first-order valence-corrected chi connectivity index (χ1v) is 11.6. The van der Waals surface area contributed by atoms with Gasteiger partial charge in [-0.2, -0.15) is 35.3 Å². The van der Waals surface area contributed by atoms with Gasteiger partial charge in [0, 0.05) is 44.2 Å². The van der Waals surface area contributed by atoms with Crippen molar-refractivity contribution >= 4 is 16.0 Å². The minimum atomic E-state index is -4.38. The molecule has 29 heavy (non-hydrogen) atoms. The summed E-state index contributed by atoms with van der Waals surface area (Å²) in [5, 5.41) is 7.48. The van der Waals surface area contributed by atoms with Crippen LogP contribution in [0, 0.1) is 5.92 Å². The number of hydrogen-bond donors (Lipinski definition) is 1. The predicted molar refractivity (Wildman–Crippen MR) is 103 cm³/mol. The lowest BCUT2D eigenvalue weighted by atomic mass is 9.94. The van der Waals surface area contributed by atoms with Gasteiger partial charge < -0.3 is 5.32 Å². The number of anilines is 1. The highest BCUT2D eigenvalue weighted by Gasteiger charge is 2.47. The van der Waals surface area contributed by atoms with Crippen LogP contribution in [-0.2, 0) is 10.2 Å². The Kier molecular flexibility index (Phi) is 5.35. The third-order valence-electron chi connectivity index (χ3n) is 6.33. The SMILES string of the molecule is CC(C)[C@@H]1C[C@H](C(F)(F)F)n2nc([C@@H]3CCN(S(=O)(=O)N4CCCC4)C3)cc2N1. The van der Waals surface area contributed by atoms with E-state index in [1.165, 1.54) is 8.61 Å². The normalized spacial score (nSPS) is 29.4. The van der Waals surface area contributed by atoms with Crippen LogP contribution in [0.5, 0.6) is 0 Å². The van der Waals surface area contributed by atoms with Crippen molar-refractivity contribution in [2.24, 2.45) is 5.92 Å². The Balaban J connectivity index is 1.55. The summed E-state index contributed by atoms with van der Waals surface area (Å²) in [5.41, 5.74) is 0.533. The van der Waals surface area contributed by atoms with Crippen molar-refractivity contribution in [1.29, 1.82) is 0 Å². The molecule has 7 nitrogen and oxygen atoms in total. The lowest BCUT2D eigenvalue weighted by Gasteiger charge is -2.35. The molecule has 0 saturated carbocycles. The zero-order valence-electron chi connectivity index (χ0n) is 16.7. The van der Waals surface area contributed by atoms with Crippen LogP contribution in [0.1, 0.15) is 57.2 Å². The van der Waals surface area contributed by atoms with Crippen LogP contribution in [0.2, 0.25) is 0 Å². The van der Waals surface area contributed by atoms with E-state index in [9.17, 15) is 21.6 Å². The largest absolute Gasteiger partial charge is 0.410 e. The fraction of sp³-hybridized carbons (Fsp3) is 0.833. The molecule has 0 bridgehead atoms. The summed E-state index contributed by atoms with van der Waals surface area (Å²) in [6.07, 6.45) is -2.14. The van der Waals surface area contributed by atoms with E-state index in [4.69, 9.17) is 0 Å².